The summed E-state index contributed by atoms with van der Waals surface area (Å²) in [6.07, 6.45) is 86.4. The quantitative estimate of drug-likeness (QED) is 0.0320. The Bertz CT molecular complexity index is 1260. The van der Waals surface area contributed by atoms with Crippen molar-refractivity contribution >= 4 is 11.9 Å². The van der Waals surface area contributed by atoms with Gasteiger partial charge in [0.2, 0.25) is 5.91 Å². The molecule has 2 unspecified atom stereocenters. The lowest BCUT2D eigenvalue weighted by molar-refractivity contribution is -0.143. The SMILES string of the molecule is CCCCCCCCC/C=C\CCCCCCCC(=O)OCCCCCCCCCCCCC/C=C\C/C=C\CCCCCCCCCCCCCCCCCCCC(=O)NC(CO)C(O)CCCCCCCCCCCC. The lowest BCUT2D eigenvalue weighted by Gasteiger charge is -2.22. The Morgan fingerprint density at radius 3 is 0.987 bits per heavy atom. The summed E-state index contributed by atoms with van der Waals surface area (Å²) in [4.78, 5) is 24.5. The van der Waals surface area contributed by atoms with Gasteiger partial charge in [0.05, 0.1) is 25.4 Å². The molecule has 78 heavy (non-hydrogen) atoms. The van der Waals surface area contributed by atoms with Gasteiger partial charge in [-0.05, 0) is 83.5 Å². The van der Waals surface area contributed by atoms with Gasteiger partial charge in [-0.25, -0.2) is 0 Å². The van der Waals surface area contributed by atoms with Crippen LogP contribution in [0.3, 0.4) is 0 Å². The van der Waals surface area contributed by atoms with E-state index in [0.717, 1.165) is 51.4 Å². The van der Waals surface area contributed by atoms with Crippen molar-refractivity contribution in [2.45, 2.75) is 398 Å². The van der Waals surface area contributed by atoms with E-state index in [1.807, 2.05) is 0 Å². The molecule has 1 amide bonds. The average molecular weight is 1100 g/mol. The minimum atomic E-state index is -0.661. The minimum absolute atomic E-state index is 0.00965. The Labute approximate surface area is 487 Å². The van der Waals surface area contributed by atoms with E-state index < -0.39 is 12.1 Å². The van der Waals surface area contributed by atoms with Crippen LogP contribution in [0.5, 0.6) is 0 Å². The topological polar surface area (TPSA) is 95.9 Å². The number of nitrogens with one attached hydrogen (secondary N) is 1. The smallest absolute Gasteiger partial charge is 0.305 e. The highest BCUT2D eigenvalue weighted by atomic mass is 16.5. The van der Waals surface area contributed by atoms with Crippen molar-refractivity contribution in [3.05, 3.63) is 36.5 Å². The van der Waals surface area contributed by atoms with E-state index in [1.165, 1.54) is 302 Å². The van der Waals surface area contributed by atoms with Crippen molar-refractivity contribution in [3.63, 3.8) is 0 Å². The molecule has 6 heteroatoms. The summed E-state index contributed by atoms with van der Waals surface area (Å²) < 4.78 is 5.49. The molecule has 0 aliphatic carbocycles. The van der Waals surface area contributed by atoms with Gasteiger partial charge < -0.3 is 20.3 Å². The maximum absolute atomic E-state index is 12.4. The fourth-order valence-corrected chi connectivity index (χ4v) is 11.0. The summed E-state index contributed by atoms with van der Waals surface area (Å²) in [6, 6.07) is -0.538. The lowest BCUT2D eigenvalue weighted by Crippen LogP contribution is -2.45. The number of allylic oxidation sites excluding steroid dienone is 6. The Kier molecular flexibility index (Phi) is 65.9. The van der Waals surface area contributed by atoms with Crippen LogP contribution in [0.2, 0.25) is 0 Å². The Hall–Kier alpha value is -1.92. The number of aliphatic hydroxyl groups is 2. The molecule has 0 aromatic heterocycles. The molecular weight excluding hydrogens is 959 g/mol. The first-order valence-electron chi connectivity index (χ1n) is 35.2. The van der Waals surface area contributed by atoms with Crippen molar-refractivity contribution in [1.29, 1.82) is 0 Å². The zero-order valence-electron chi connectivity index (χ0n) is 52.7. The number of amides is 1. The number of hydrogen-bond donors (Lipinski definition) is 3. The molecule has 0 rings (SSSR count). The molecular formula is C72H137NO5. The molecule has 0 heterocycles. The fraction of sp³-hybridized carbons (Fsp3) is 0.889. The second kappa shape index (κ2) is 67.6. The fourth-order valence-electron chi connectivity index (χ4n) is 11.0. The second-order valence-electron chi connectivity index (χ2n) is 24.2. The summed E-state index contributed by atoms with van der Waals surface area (Å²) in [5.74, 6) is -0.0233. The number of carbonyl (C=O) groups is 2. The summed E-state index contributed by atoms with van der Waals surface area (Å²) in [5.41, 5.74) is 0. The monoisotopic (exact) mass is 1100 g/mol. The highest BCUT2D eigenvalue weighted by molar-refractivity contribution is 5.76. The van der Waals surface area contributed by atoms with Crippen molar-refractivity contribution in [1.82, 2.24) is 5.32 Å². The van der Waals surface area contributed by atoms with Crippen molar-refractivity contribution in [2.75, 3.05) is 13.2 Å². The van der Waals surface area contributed by atoms with Crippen LogP contribution in [0.15, 0.2) is 36.5 Å². The molecule has 2 atom stereocenters. The molecule has 6 nitrogen and oxygen atoms in total. The molecule has 0 saturated carbocycles. The van der Waals surface area contributed by atoms with Gasteiger partial charge in [0.25, 0.3) is 0 Å². The number of ether oxygens (including phenoxy) is 1. The van der Waals surface area contributed by atoms with Gasteiger partial charge in [-0.1, -0.05) is 326 Å². The largest absolute Gasteiger partial charge is 0.466 e. The molecule has 0 bridgehead atoms. The number of carbonyl (C=O) groups excluding carboxylic acids is 2. The predicted octanol–water partition coefficient (Wildman–Crippen LogP) is 22.7. The summed E-state index contributed by atoms with van der Waals surface area (Å²) in [6.45, 7) is 4.95. The molecule has 0 aliphatic heterocycles. The third-order valence-corrected chi connectivity index (χ3v) is 16.4. The Balaban J connectivity index is 3.34. The summed E-state index contributed by atoms with van der Waals surface area (Å²) in [7, 11) is 0. The van der Waals surface area contributed by atoms with Gasteiger partial charge in [0.1, 0.15) is 0 Å². The number of hydrogen-bond acceptors (Lipinski definition) is 5. The van der Waals surface area contributed by atoms with E-state index in [0.29, 0.717) is 25.9 Å². The zero-order valence-corrected chi connectivity index (χ0v) is 52.7. The van der Waals surface area contributed by atoms with Gasteiger partial charge in [-0.15, -0.1) is 0 Å². The van der Waals surface area contributed by atoms with Crippen LogP contribution in [-0.2, 0) is 14.3 Å². The lowest BCUT2D eigenvalue weighted by atomic mass is 10.0. The van der Waals surface area contributed by atoms with Crippen molar-refractivity contribution in [2.24, 2.45) is 0 Å². The molecule has 0 radical (unpaired) electrons. The zero-order chi connectivity index (χ0) is 56.4. The van der Waals surface area contributed by atoms with Crippen LogP contribution in [0.4, 0.5) is 0 Å². The van der Waals surface area contributed by atoms with Gasteiger partial charge in [-0.2, -0.15) is 0 Å². The first-order chi connectivity index (χ1) is 38.5. The molecule has 3 N–H and O–H groups in total. The van der Waals surface area contributed by atoms with E-state index >= 15 is 0 Å². The van der Waals surface area contributed by atoms with Crippen molar-refractivity contribution < 1.29 is 24.5 Å². The van der Waals surface area contributed by atoms with Gasteiger partial charge >= 0.3 is 5.97 Å². The minimum Gasteiger partial charge on any atom is -0.466 e. The first-order valence-corrected chi connectivity index (χ1v) is 35.2. The van der Waals surface area contributed by atoms with Crippen LogP contribution in [0.1, 0.15) is 386 Å². The number of unbranched alkanes of at least 4 members (excludes halogenated alkanes) is 49. The number of aliphatic hydroxyl groups excluding tert-OH is 2. The van der Waals surface area contributed by atoms with E-state index in [4.69, 9.17) is 4.74 Å². The predicted molar refractivity (Wildman–Crippen MR) is 343 cm³/mol. The van der Waals surface area contributed by atoms with Crippen LogP contribution in [0.25, 0.3) is 0 Å². The summed E-state index contributed by atoms with van der Waals surface area (Å²) >= 11 is 0. The third-order valence-electron chi connectivity index (χ3n) is 16.4. The van der Waals surface area contributed by atoms with E-state index in [1.54, 1.807) is 0 Å². The number of rotatable bonds is 66. The third kappa shape index (κ3) is 63.3. The molecule has 0 fully saturated rings. The molecule has 0 aliphatic rings. The molecule has 0 aromatic rings. The highest BCUT2D eigenvalue weighted by Crippen LogP contribution is 2.18. The van der Waals surface area contributed by atoms with E-state index in [-0.39, 0.29) is 18.5 Å². The molecule has 0 saturated heterocycles. The number of esters is 1. The normalized spacial score (nSPS) is 12.7. The second-order valence-corrected chi connectivity index (χ2v) is 24.2. The average Bonchev–Trinajstić information content (AvgIpc) is 3.44. The standard InChI is InChI=1S/C72H137NO5/c1-3-5-7-9-11-13-15-16-17-40-43-46-50-54-58-62-66-72(77)78-67-63-59-55-51-47-44-41-38-36-34-32-30-28-26-24-22-20-18-19-21-23-25-27-29-31-33-35-37-39-42-45-49-53-57-61-65-71(76)73-69(68-74)70(75)64-60-56-52-48-14-12-10-8-6-4-2/h17,20,22,26,28,40,69-70,74-75H,3-16,18-19,21,23-25,27,29-39,41-68H2,1-2H3,(H,73,76)/b22-20-,28-26-,40-17-. The van der Waals surface area contributed by atoms with Crippen molar-refractivity contribution in [3.8, 4) is 0 Å². The van der Waals surface area contributed by atoms with E-state index in [2.05, 4.69) is 55.6 Å². The van der Waals surface area contributed by atoms with Gasteiger partial charge in [0.15, 0.2) is 0 Å². The Morgan fingerprint density at radius 2 is 0.641 bits per heavy atom. The van der Waals surface area contributed by atoms with Crippen LogP contribution >= 0.6 is 0 Å². The van der Waals surface area contributed by atoms with Crippen LogP contribution in [0, 0.1) is 0 Å². The first kappa shape index (κ1) is 76.1. The van der Waals surface area contributed by atoms with Crippen LogP contribution < -0.4 is 5.32 Å². The van der Waals surface area contributed by atoms with Gasteiger partial charge in [0, 0.05) is 12.8 Å². The van der Waals surface area contributed by atoms with Crippen LogP contribution in [-0.4, -0.2) is 47.4 Å². The summed E-state index contributed by atoms with van der Waals surface area (Å²) in [5, 5.41) is 23.2. The van der Waals surface area contributed by atoms with Gasteiger partial charge in [-0.3, -0.25) is 9.59 Å². The van der Waals surface area contributed by atoms with E-state index in [9.17, 15) is 19.8 Å². The highest BCUT2D eigenvalue weighted by Gasteiger charge is 2.20. The molecule has 0 spiro atoms. The Morgan fingerprint density at radius 1 is 0.359 bits per heavy atom. The maximum Gasteiger partial charge on any atom is 0.305 e. The molecule has 0 aromatic carbocycles. The maximum atomic E-state index is 12.4. The molecule has 460 valence electrons.